The van der Waals surface area contributed by atoms with E-state index in [0.29, 0.717) is 6.61 Å². The SMILES string of the molecule is C=CC(=C)COc1ccccc1. The van der Waals surface area contributed by atoms with Crippen LogP contribution in [0.1, 0.15) is 0 Å². The Labute approximate surface area is 73.0 Å². The Morgan fingerprint density at radius 3 is 2.58 bits per heavy atom. The lowest BCUT2D eigenvalue weighted by Crippen LogP contribution is -1.97. The van der Waals surface area contributed by atoms with Gasteiger partial charge in [0.2, 0.25) is 0 Å². The number of para-hydroxylation sites is 1. The van der Waals surface area contributed by atoms with Gasteiger partial charge in [-0.05, 0) is 17.7 Å². The van der Waals surface area contributed by atoms with Crippen molar-refractivity contribution in [3.63, 3.8) is 0 Å². The van der Waals surface area contributed by atoms with Crippen LogP contribution in [0.2, 0.25) is 0 Å². The molecule has 0 saturated heterocycles. The zero-order chi connectivity index (χ0) is 8.81. The fraction of sp³-hybridized carbons (Fsp3) is 0.0909. The van der Waals surface area contributed by atoms with E-state index in [1.165, 1.54) is 0 Å². The van der Waals surface area contributed by atoms with Crippen LogP contribution in [0.4, 0.5) is 0 Å². The Balaban J connectivity index is 2.43. The summed E-state index contributed by atoms with van der Waals surface area (Å²) in [5, 5.41) is 0. The molecule has 62 valence electrons. The first-order chi connectivity index (χ1) is 5.83. The minimum atomic E-state index is 0.507. The first kappa shape index (κ1) is 8.60. The highest BCUT2D eigenvalue weighted by molar-refractivity contribution is 5.22. The highest BCUT2D eigenvalue weighted by Crippen LogP contribution is 2.09. The average molecular weight is 160 g/mol. The lowest BCUT2D eigenvalue weighted by Gasteiger charge is -2.04. The predicted molar refractivity (Wildman–Crippen MR) is 51.3 cm³/mol. The van der Waals surface area contributed by atoms with Crippen molar-refractivity contribution < 1.29 is 4.74 Å². The van der Waals surface area contributed by atoms with Crippen molar-refractivity contribution in [2.24, 2.45) is 0 Å². The number of ether oxygens (including phenoxy) is 1. The molecule has 0 amide bonds. The topological polar surface area (TPSA) is 9.23 Å². The first-order valence-corrected chi connectivity index (χ1v) is 3.81. The number of benzene rings is 1. The van der Waals surface area contributed by atoms with Gasteiger partial charge in [-0.25, -0.2) is 0 Å². The summed E-state index contributed by atoms with van der Waals surface area (Å²) < 4.78 is 5.39. The fourth-order valence-corrected chi connectivity index (χ4v) is 0.752. The van der Waals surface area contributed by atoms with Gasteiger partial charge in [0.15, 0.2) is 0 Å². The molecule has 0 aromatic heterocycles. The van der Waals surface area contributed by atoms with Gasteiger partial charge in [-0.3, -0.25) is 0 Å². The van der Waals surface area contributed by atoms with E-state index >= 15 is 0 Å². The molecule has 12 heavy (non-hydrogen) atoms. The van der Waals surface area contributed by atoms with Crippen LogP contribution in [-0.4, -0.2) is 6.61 Å². The molecule has 1 heteroatoms. The summed E-state index contributed by atoms with van der Waals surface area (Å²) in [5.41, 5.74) is 0.888. The van der Waals surface area contributed by atoms with Crippen molar-refractivity contribution in [3.8, 4) is 5.75 Å². The lowest BCUT2D eigenvalue weighted by molar-refractivity contribution is 0.356. The summed E-state index contributed by atoms with van der Waals surface area (Å²) in [5.74, 6) is 0.862. The Morgan fingerprint density at radius 2 is 2.00 bits per heavy atom. The molecule has 0 aliphatic heterocycles. The maximum absolute atomic E-state index is 5.39. The Bertz CT molecular complexity index is 262. The van der Waals surface area contributed by atoms with Crippen molar-refractivity contribution in [1.29, 1.82) is 0 Å². The fourth-order valence-electron chi connectivity index (χ4n) is 0.752. The third kappa shape index (κ3) is 2.62. The van der Waals surface area contributed by atoms with Crippen molar-refractivity contribution in [3.05, 3.63) is 55.1 Å². The molecule has 0 atom stereocenters. The van der Waals surface area contributed by atoms with Gasteiger partial charge in [0, 0.05) is 0 Å². The van der Waals surface area contributed by atoms with Crippen molar-refractivity contribution >= 4 is 0 Å². The van der Waals surface area contributed by atoms with Gasteiger partial charge in [-0.2, -0.15) is 0 Å². The quantitative estimate of drug-likeness (QED) is 0.615. The minimum Gasteiger partial charge on any atom is -0.489 e. The summed E-state index contributed by atoms with van der Waals surface area (Å²) >= 11 is 0. The largest absolute Gasteiger partial charge is 0.489 e. The van der Waals surface area contributed by atoms with Crippen LogP contribution in [0.3, 0.4) is 0 Å². The summed E-state index contributed by atoms with van der Waals surface area (Å²) in [6, 6.07) is 9.65. The molecule has 1 rings (SSSR count). The van der Waals surface area contributed by atoms with Gasteiger partial charge in [0.1, 0.15) is 12.4 Å². The predicted octanol–water partition coefficient (Wildman–Crippen LogP) is 2.81. The molecule has 0 N–H and O–H groups in total. The second-order valence-corrected chi connectivity index (χ2v) is 2.46. The van der Waals surface area contributed by atoms with E-state index in [1.54, 1.807) is 6.08 Å². The Kier molecular flexibility index (Phi) is 3.15. The van der Waals surface area contributed by atoms with Gasteiger partial charge in [0.25, 0.3) is 0 Å². The van der Waals surface area contributed by atoms with E-state index in [2.05, 4.69) is 13.2 Å². The molecule has 0 radical (unpaired) electrons. The van der Waals surface area contributed by atoms with Crippen LogP contribution in [-0.2, 0) is 0 Å². The van der Waals surface area contributed by atoms with Crippen molar-refractivity contribution in [2.75, 3.05) is 6.61 Å². The summed E-state index contributed by atoms with van der Waals surface area (Å²) in [6.07, 6.45) is 1.70. The Morgan fingerprint density at radius 1 is 1.33 bits per heavy atom. The molecule has 1 nitrogen and oxygen atoms in total. The molecule has 0 aliphatic carbocycles. The monoisotopic (exact) mass is 160 g/mol. The maximum atomic E-state index is 5.39. The van der Waals surface area contributed by atoms with Gasteiger partial charge in [-0.1, -0.05) is 37.4 Å². The van der Waals surface area contributed by atoms with E-state index < -0.39 is 0 Å². The van der Waals surface area contributed by atoms with E-state index in [0.717, 1.165) is 11.3 Å². The van der Waals surface area contributed by atoms with Gasteiger partial charge in [0.05, 0.1) is 0 Å². The molecule has 0 spiro atoms. The summed E-state index contributed by atoms with van der Waals surface area (Å²) in [6.45, 7) is 7.85. The van der Waals surface area contributed by atoms with Crippen LogP contribution in [0.15, 0.2) is 55.1 Å². The zero-order valence-corrected chi connectivity index (χ0v) is 6.99. The Hall–Kier alpha value is -1.50. The molecule has 0 bridgehead atoms. The van der Waals surface area contributed by atoms with Crippen LogP contribution in [0.25, 0.3) is 0 Å². The van der Waals surface area contributed by atoms with Crippen LogP contribution in [0.5, 0.6) is 5.75 Å². The number of hydrogen-bond donors (Lipinski definition) is 0. The van der Waals surface area contributed by atoms with Gasteiger partial charge < -0.3 is 4.74 Å². The normalized spacial score (nSPS) is 9.00. The number of rotatable bonds is 4. The van der Waals surface area contributed by atoms with Crippen molar-refractivity contribution in [2.45, 2.75) is 0 Å². The molecular weight excluding hydrogens is 148 g/mol. The number of hydrogen-bond acceptors (Lipinski definition) is 1. The van der Waals surface area contributed by atoms with E-state index in [-0.39, 0.29) is 0 Å². The summed E-state index contributed by atoms with van der Waals surface area (Å²) in [7, 11) is 0. The zero-order valence-electron chi connectivity index (χ0n) is 6.99. The van der Waals surface area contributed by atoms with Gasteiger partial charge >= 0.3 is 0 Å². The second kappa shape index (κ2) is 4.39. The second-order valence-electron chi connectivity index (χ2n) is 2.46. The average Bonchev–Trinajstić information content (AvgIpc) is 2.16. The first-order valence-electron chi connectivity index (χ1n) is 3.81. The van der Waals surface area contributed by atoms with E-state index in [1.807, 2.05) is 30.3 Å². The third-order valence-corrected chi connectivity index (χ3v) is 1.46. The molecule has 0 aliphatic rings. The van der Waals surface area contributed by atoms with Crippen LogP contribution < -0.4 is 4.74 Å². The minimum absolute atomic E-state index is 0.507. The summed E-state index contributed by atoms with van der Waals surface area (Å²) in [4.78, 5) is 0. The molecular formula is C11H12O. The standard InChI is InChI=1S/C11H12O/c1-3-10(2)9-12-11-7-5-4-6-8-11/h3-8H,1-2,9H2. The maximum Gasteiger partial charge on any atom is 0.119 e. The molecule has 1 aromatic carbocycles. The van der Waals surface area contributed by atoms with Crippen LogP contribution >= 0.6 is 0 Å². The molecule has 0 heterocycles. The molecule has 0 saturated carbocycles. The molecule has 1 aromatic rings. The third-order valence-electron chi connectivity index (χ3n) is 1.46. The molecule has 0 unspecified atom stereocenters. The smallest absolute Gasteiger partial charge is 0.119 e. The van der Waals surface area contributed by atoms with E-state index in [4.69, 9.17) is 4.74 Å². The molecule has 0 fully saturated rings. The highest BCUT2D eigenvalue weighted by atomic mass is 16.5. The van der Waals surface area contributed by atoms with Gasteiger partial charge in [-0.15, -0.1) is 0 Å². The highest BCUT2D eigenvalue weighted by Gasteiger charge is 1.90. The van der Waals surface area contributed by atoms with E-state index in [9.17, 15) is 0 Å². The lowest BCUT2D eigenvalue weighted by atomic mass is 10.3. The van der Waals surface area contributed by atoms with Crippen molar-refractivity contribution in [1.82, 2.24) is 0 Å². The van der Waals surface area contributed by atoms with Crippen LogP contribution in [0, 0.1) is 0 Å².